The first-order valence-corrected chi connectivity index (χ1v) is 6.31. The summed E-state index contributed by atoms with van der Waals surface area (Å²) in [6.45, 7) is 3.42. The molecule has 2 rings (SSSR count). The van der Waals surface area contributed by atoms with Gasteiger partial charge < -0.3 is 10.0 Å². The third kappa shape index (κ3) is 3.41. The third-order valence-electron chi connectivity index (χ3n) is 3.29. The van der Waals surface area contributed by atoms with Crippen molar-refractivity contribution in [2.75, 3.05) is 18.0 Å². The molecular weight excluding hydrogens is 244 g/mol. The lowest BCUT2D eigenvalue weighted by Gasteiger charge is -2.16. The van der Waals surface area contributed by atoms with E-state index in [1.54, 1.807) is 6.07 Å². The summed E-state index contributed by atoms with van der Waals surface area (Å²) in [7, 11) is 0. The van der Waals surface area contributed by atoms with Crippen molar-refractivity contribution in [3.63, 3.8) is 0 Å². The number of aryl methyl sites for hydroxylation is 1. The number of aromatic nitrogens is 2. The lowest BCUT2D eigenvalue weighted by atomic mass is 10.0. The molecule has 19 heavy (non-hydrogen) atoms. The minimum atomic E-state index is -0.753. The molecule has 1 unspecified atom stereocenters. The molecule has 0 aliphatic carbocycles. The Morgan fingerprint density at radius 3 is 3.11 bits per heavy atom. The number of carboxylic acids is 1. The van der Waals surface area contributed by atoms with Gasteiger partial charge in [0.15, 0.2) is 0 Å². The van der Waals surface area contributed by atoms with Gasteiger partial charge in [-0.05, 0) is 31.7 Å². The summed E-state index contributed by atoms with van der Waals surface area (Å²) in [5.41, 5.74) is 1.15. The molecule has 0 aromatic carbocycles. The van der Waals surface area contributed by atoms with E-state index < -0.39 is 5.97 Å². The van der Waals surface area contributed by atoms with Crippen LogP contribution in [0.15, 0.2) is 6.07 Å². The van der Waals surface area contributed by atoms with Crippen LogP contribution >= 0.6 is 0 Å². The van der Waals surface area contributed by atoms with Gasteiger partial charge in [-0.1, -0.05) is 0 Å². The van der Waals surface area contributed by atoms with Crippen molar-refractivity contribution in [3.05, 3.63) is 17.5 Å². The standard InChI is InChI=1S/C13H16N4O2/c1-9-6-11(7-14)16-13(15-9)17-5-4-10(8-17)2-3-12(18)19/h6,10H,2-5,8H2,1H3,(H,18,19). The van der Waals surface area contributed by atoms with Gasteiger partial charge in [0.1, 0.15) is 11.8 Å². The SMILES string of the molecule is Cc1cc(C#N)nc(N2CCC(CCC(=O)O)C2)n1. The zero-order valence-corrected chi connectivity index (χ0v) is 10.8. The first kappa shape index (κ1) is 13.3. The van der Waals surface area contributed by atoms with E-state index in [0.717, 1.165) is 25.2 Å². The van der Waals surface area contributed by atoms with Crippen LogP contribution in [0, 0.1) is 24.2 Å². The van der Waals surface area contributed by atoms with Crippen molar-refractivity contribution in [1.29, 1.82) is 5.26 Å². The topological polar surface area (TPSA) is 90.1 Å². The molecule has 1 saturated heterocycles. The number of carbonyl (C=O) groups is 1. The van der Waals surface area contributed by atoms with Gasteiger partial charge in [0.25, 0.3) is 0 Å². The van der Waals surface area contributed by atoms with Gasteiger partial charge in [0, 0.05) is 25.2 Å². The fourth-order valence-electron chi connectivity index (χ4n) is 2.33. The summed E-state index contributed by atoms with van der Waals surface area (Å²) < 4.78 is 0. The Labute approximate surface area is 111 Å². The highest BCUT2D eigenvalue weighted by atomic mass is 16.4. The van der Waals surface area contributed by atoms with Crippen molar-refractivity contribution < 1.29 is 9.90 Å². The van der Waals surface area contributed by atoms with Crippen LogP contribution in [0.5, 0.6) is 0 Å². The molecule has 1 aromatic rings. The minimum absolute atomic E-state index is 0.205. The van der Waals surface area contributed by atoms with E-state index in [9.17, 15) is 4.79 Å². The van der Waals surface area contributed by atoms with Crippen molar-refractivity contribution in [3.8, 4) is 6.07 Å². The van der Waals surface area contributed by atoms with Crippen LogP contribution in [0.1, 0.15) is 30.7 Å². The predicted molar refractivity (Wildman–Crippen MR) is 68.7 cm³/mol. The second kappa shape index (κ2) is 5.65. The number of carboxylic acid groups (broad SMARTS) is 1. The zero-order chi connectivity index (χ0) is 13.8. The number of nitriles is 1. The van der Waals surface area contributed by atoms with E-state index in [2.05, 4.69) is 9.97 Å². The monoisotopic (exact) mass is 260 g/mol. The second-order valence-electron chi connectivity index (χ2n) is 4.84. The molecular formula is C13H16N4O2. The summed E-state index contributed by atoms with van der Waals surface area (Å²) in [5, 5.41) is 17.6. The lowest BCUT2D eigenvalue weighted by molar-refractivity contribution is -0.137. The zero-order valence-electron chi connectivity index (χ0n) is 10.8. The summed E-state index contributed by atoms with van der Waals surface area (Å²) in [5.74, 6) is 0.192. The Hall–Kier alpha value is -2.16. The second-order valence-corrected chi connectivity index (χ2v) is 4.84. The summed E-state index contributed by atoms with van der Waals surface area (Å²) in [6, 6.07) is 3.68. The molecule has 0 saturated carbocycles. The molecule has 1 atom stereocenters. The molecule has 1 aromatic heterocycles. The van der Waals surface area contributed by atoms with Gasteiger partial charge in [-0.2, -0.15) is 5.26 Å². The Morgan fingerprint density at radius 2 is 2.42 bits per heavy atom. The molecule has 1 aliphatic rings. The van der Waals surface area contributed by atoms with E-state index in [4.69, 9.17) is 10.4 Å². The highest BCUT2D eigenvalue weighted by Crippen LogP contribution is 2.24. The fourth-order valence-corrected chi connectivity index (χ4v) is 2.33. The Bertz CT molecular complexity index is 524. The highest BCUT2D eigenvalue weighted by Gasteiger charge is 2.25. The van der Waals surface area contributed by atoms with E-state index in [1.807, 2.05) is 17.9 Å². The first-order valence-electron chi connectivity index (χ1n) is 6.31. The maximum Gasteiger partial charge on any atom is 0.303 e. The van der Waals surface area contributed by atoms with Crippen molar-refractivity contribution in [2.24, 2.45) is 5.92 Å². The predicted octanol–water partition coefficient (Wildman–Crippen LogP) is 1.35. The van der Waals surface area contributed by atoms with E-state index in [0.29, 0.717) is 24.0 Å². The van der Waals surface area contributed by atoms with E-state index in [-0.39, 0.29) is 6.42 Å². The number of aliphatic carboxylic acids is 1. The van der Waals surface area contributed by atoms with Crippen molar-refractivity contribution >= 4 is 11.9 Å². The third-order valence-corrected chi connectivity index (χ3v) is 3.29. The van der Waals surface area contributed by atoms with Crippen LogP contribution in [0.25, 0.3) is 0 Å². The van der Waals surface area contributed by atoms with Gasteiger partial charge in [-0.15, -0.1) is 0 Å². The molecule has 6 heteroatoms. The van der Waals surface area contributed by atoms with Gasteiger partial charge >= 0.3 is 5.97 Å². The summed E-state index contributed by atoms with van der Waals surface area (Å²) >= 11 is 0. The van der Waals surface area contributed by atoms with Crippen LogP contribution < -0.4 is 4.90 Å². The Kier molecular flexibility index (Phi) is 3.95. The number of rotatable bonds is 4. The van der Waals surface area contributed by atoms with E-state index >= 15 is 0 Å². The molecule has 100 valence electrons. The number of hydrogen-bond donors (Lipinski definition) is 1. The van der Waals surface area contributed by atoms with Gasteiger partial charge in [0.05, 0.1) is 0 Å². The van der Waals surface area contributed by atoms with Gasteiger partial charge in [-0.25, -0.2) is 9.97 Å². The Morgan fingerprint density at radius 1 is 1.63 bits per heavy atom. The lowest BCUT2D eigenvalue weighted by Crippen LogP contribution is -2.22. The molecule has 6 nitrogen and oxygen atoms in total. The van der Waals surface area contributed by atoms with Gasteiger partial charge in [0.2, 0.25) is 5.95 Å². The molecule has 0 spiro atoms. The van der Waals surface area contributed by atoms with Crippen LogP contribution in [0.4, 0.5) is 5.95 Å². The van der Waals surface area contributed by atoms with Crippen LogP contribution in [-0.2, 0) is 4.79 Å². The van der Waals surface area contributed by atoms with Gasteiger partial charge in [-0.3, -0.25) is 4.79 Å². The molecule has 1 N–H and O–H groups in total. The highest BCUT2D eigenvalue weighted by molar-refractivity contribution is 5.66. The first-order chi connectivity index (χ1) is 9.08. The molecule has 1 fully saturated rings. The number of hydrogen-bond acceptors (Lipinski definition) is 5. The summed E-state index contributed by atoms with van der Waals surface area (Å²) in [4.78, 5) is 21.1. The molecule has 0 bridgehead atoms. The average Bonchev–Trinajstić information content (AvgIpc) is 2.84. The van der Waals surface area contributed by atoms with Crippen LogP contribution in [-0.4, -0.2) is 34.1 Å². The minimum Gasteiger partial charge on any atom is -0.481 e. The number of anilines is 1. The fraction of sp³-hybridized carbons (Fsp3) is 0.538. The van der Waals surface area contributed by atoms with Crippen molar-refractivity contribution in [1.82, 2.24) is 9.97 Å². The van der Waals surface area contributed by atoms with E-state index in [1.165, 1.54) is 0 Å². The normalized spacial score (nSPS) is 18.3. The van der Waals surface area contributed by atoms with Crippen molar-refractivity contribution in [2.45, 2.75) is 26.2 Å². The maximum atomic E-state index is 10.6. The van der Waals surface area contributed by atoms with Crippen LogP contribution in [0.3, 0.4) is 0 Å². The largest absolute Gasteiger partial charge is 0.481 e. The number of nitrogens with zero attached hydrogens (tertiary/aromatic N) is 4. The quantitative estimate of drug-likeness (QED) is 0.878. The Balaban J connectivity index is 2.02. The maximum absolute atomic E-state index is 10.6. The van der Waals surface area contributed by atoms with Crippen LogP contribution in [0.2, 0.25) is 0 Å². The summed E-state index contributed by atoms with van der Waals surface area (Å²) in [6.07, 6.45) is 1.84. The smallest absolute Gasteiger partial charge is 0.303 e. The molecule has 0 amide bonds. The average molecular weight is 260 g/mol. The molecule has 2 heterocycles. The molecule has 1 aliphatic heterocycles. The molecule has 0 radical (unpaired) electrons.